The fourth-order valence-corrected chi connectivity index (χ4v) is 2.84. The Labute approximate surface area is 113 Å². The van der Waals surface area contributed by atoms with Crippen molar-refractivity contribution in [3.05, 3.63) is 34.1 Å². The van der Waals surface area contributed by atoms with E-state index in [2.05, 4.69) is 4.94 Å². The predicted molar refractivity (Wildman–Crippen MR) is 63.3 cm³/mol. The van der Waals surface area contributed by atoms with Gasteiger partial charge in [-0.05, 0) is 34.9 Å². The molecule has 2 rings (SSSR count). The van der Waals surface area contributed by atoms with Crippen LogP contribution in [0.1, 0.15) is 49.1 Å². The molecule has 0 radical (unpaired) electrons. The van der Waals surface area contributed by atoms with Gasteiger partial charge in [-0.25, -0.2) is 4.39 Å². The molecule has 1 fully saturated rings. The van der Waals surface area contributed by atoms with Crippen LogP contribution in [-0.4, -0.2) is 0 Å². The lowest BCUT2D eigenvalue weighted by atomic mass is 9.83. The van der Waals surface area contributed by atoms with Gasteiger partial charge in [-0.15, -0.1) is 4.94 Å². The summed E-state index contributed by atoms with van der Waals surface area (Å²) in [5.74, 6) is -0.914. The molecular formula is C13H13ClF4O. The maximum atomic E-state index is 14.1. The number of alkyl halides is 2. The van der Waals surface area contributed by atoms with Crippen molar-refractivity contribution in [3.63, 3.8) is 0 Å². The molecule has 0 heterocycles. The van der Waals surface area contributed by atoms with Crippen molar-refractivity contribution < 1.29 is 22.6 Å². The topological polar surface area (TPSA) is 9.23 Å². The molecule has 106 valence electrons. The van der Waals surface area contributed by atoms with E-state index >= 15 is 0 Å². The Morgan fingerprint density at radius 2 is 1.79 bits per heavy atom. The standard InChI is InChI=1S/C13H13ClF4O/c14-11-10(13(16,17)19-18)7-6-9(12(11)15)8-4-2-1-3-5-8/h6-8H,1-5H2. The molecule has 1 nitrogen and oxygen atoms in total. The van der Waals surface area contributed by atoms with Crippen molar-refractivity contribution in [2.45, 2.75) is 44.1 Å². The zero-order valence-electron chi connectivity index (χ0n) is 10.1. The van der Waals surface area contributed by atoms with Gasteiger partial charge in [0.05, 0.1) is 10.6 Å². The summed E-state index contributed by atoms with van der Waals surface area (Å²) in [6, 6.07) is 2.17. The Kier molecular flexibility index (Phi) is 4.36. The summed E-state index contributed by atoms with van der Waals surface area (Å²) in [5, 5.41) is -0.772. The first-order valence-corrected chi connectivity index (χ1v) is 6.51. The molecule has 1 aliphatic rings. The first-order chi connectivity index (χ1) is 8.97. The summed E-state index contributed by atoms with van der Waals surface area (Å²) in [5.41, 5.74) is -0.670. The first kappa shape index (κ1) is 14.6. The van der Waals surface area contributed by atoms with Gasteiger partial charge in [0.2, 0.25) is 0 Å². The number of halogens is 5. The molecule has 0 N–H and O–H groups in total. The fourth-order valence-electron chi connectivity index (χ4n) is 2.56. The van der Waals surface area contributed by atoms with E-state index < -0.39 is 22.5 Å². The van der Waals surface area contributed by atoms with Gasteiger partial charge < -0.3 is 0 Å². The molecule has 1 saturated carbocycles. The van der Waals surface area contributed by atoms with E-state index in [0.717, 1.165) is 38.2 Å². The van der Waals surface area contributed by atoms with Crippen LogP contribution in [0.15, 0.2) is 12.1 Å². The molecular weight excluding hydrogens is 284 g/mol. The van der Waals surface area contributed by atoms with Crippen LogP contribution in [0.2, 0.25) is 5.02 Å². The molecule has 0 aromatic heterocycles. The second-order valence-electron chi connectivity index (χ2n) is 4.76. The summed E-state index contributed by atoms with van der Waals surface area (Å²) in [4.78, 5) is 2.56. The minimum atomic E-state index is -4.23. The molecule has 19 heavy (non-hydrogen) atoms. The Balaban J connectivity index is 2.37. The van der Waals surface area contributed by atoms with Crippen molar-refractivity contribution in [2.24, 2.45) is 0 Å². The molecule has 0 spiro atoms. The molecule has 6 heteroatoms. The van der Waals surface area contributed by atoms with Gasteiger partial charge in [0.15, 0.2) is 0 Å². The van der Waals surface area contributed by atoms with Gasteiger partial charge in [-0.2, -0.15) is 8.78 Å². The lowest BCUT2D eigenvalue weighted by molar-refractivity contribution is -0.364. The number of rotatable bonds is 3. The highest BCUT2D eigenvalue weighted by molar-refractivity contribution is 6.31. The molecule has 0 unspecified atom stereocenters. The van der Waals surface area contributed by atoms with Crippen LogP contribution >= 0.6 is 11.6 Å². The summed E-state index contributed by atoms with van der Waals surface area (Å²) >= 11 is 5.58. The first-order valence-electron chi connectivity index (χ1n) is 6.13. The van der Waals surface area contributed by atoms with Crippen molar-refractivity contribution in [1.82, 2.24) is 0 Å². The summed E-state index contributed by atoms with van der Waals surface area (Å²) in [6.07, 6.45) is 0.437. The SMILES string of the molecule is FOC(F)(F)c1ccc(C2CCCCC2)c(F)c1Cl. The third-order valence-corrected chi connectivity index (χ3v) is 3.94. The molecule has 0 amide bonds. The van der Waals surface area contributed by atoms with Gasteiger partial charge in [-0.3, -0.25) is 0 Å². The molecule has 1 aromatic carbocycles. The third kappa shape index (κ3) is 2.87. The quantitative estimate of drug-likeness (QED) is 0.671. The predicted octanol–water partition coefficient (Wildman–Crippen LogP) is 5.48. The van der Waals surface area contributed by atoms with Crippen LogP contribution in [0, 0.1) is 5.82 Å². The average molecular weight is 297 g/mol. The highest BCUT2D eigenvalue weighted by Gasteiger charge is 2.38. The second kappa shape index (κ2) is 5.67. The summed E-state index contributed by atoms with van der Waals surface area (Å²) in [6.45, 7) is 0. The normalized spacial score (nSPS) is 17.7. The highest BCUT2D eigenvalue weighted by Crippen LogP contribution is 2.41. The minimum absolute atomic E-state index is 0.0137. The lowest BCUT2D eigenvalue weighted by Gasteiger charge is -2.23. The van der Waals surface area contributed by atoms with E-state index in [9.17, 15) is 17.7 Å². The smallest absolute Gasteiger partial charge is 0.205 e. The van der Waals surface area contributed by atoms with E-state index in [1.165, 1.54) is 6.07 Å². The van der Waals surface area contributed by atoms with Gasteiger partial charge in [0.1, 0.15) is 5.82 Å². The number of benzene rings is 1. The monoisotopic (exact) mass is 296 g/mol. The lowest BCUT2D eigenvalue weighted by Crippen LogP contribution is -2.16. The average Bonchev–Trinajstić information content (AvgIpc) is 2.42. The summed E-state index contributed by atoms with van der Waals surface area (Å²) in [7, 11) is 0. The molecule has 1 aliphatic carbocycles. The molecule has 0 bridgehead atoms. The van der Waals surface area contributed by atoms with Crippen molar-refractivity contribution in [3.8, 4) is 0 Å². The van der Waals surface area contributed by atoms with Gasteiger partial charge in [-0.1, -0.05) is 36.9 Å². The Morgan fingerprint density at radius 3 is 2.37 bits per heavy atom. The van der Waals surface area contributed by atoms with Gasteiger partial charge in [0.25, 0.3) is 0 Å². The van der Waals surface area contributed by atoms with E-state index in [0.29, 0.717) is 5.56 Å². The minimum Gasteiger partial charge on any atom is -0.205 e. The molecule has 0 saturated heterocycles. The van der Waals surface area contributed by atoms with E-state index in [-0.39, 0.29) is 5.92 Å². The van der Waals surface area contributed by atoms with Crippen molar-refractivity contribution in [1.29, 1.82) is 0 Å². The van der Waals surface area contributed by atoms with Crippen molar-refractivity contribution >= 4 is 11.6 Å². The van der Waals surface area contributed by atoms with Crippen LogP contribution in [-0.2, 0) is 11.1 Å². The zero-order valence-corrected chi connectivity index (χ0v) is 10.8. The van der Waals surface area contributed by atoms with Crippen LogP contribution in [0.5, 0.6) is 0 Å². The maximum Gasteiger partial charge on any atom is 0.414 e. The van der Waals surface area contributed by atoms with Crippen LogP contribution in [0.25, 0.3) is 0 Å². The van der Waals surface area contributed by atoms with Crippen LogP contribution in [0.4, 0.5) is 17.7 Å². The van der Waals surface area contributed by atoms with Crippen LogP contribution in [0.3, 0.4) is 0 Å². The van der Waals surface area contributed by atoms with E-state index in [1.54, 1.807) is 0 Å². The van der Waals surface area contributed by atoms with Gasteiger partial charge in [0, 0.05) is 0 Å². The zero-order chi connectivity index (χ0) is 14.0. The largest absolute Gasteiger partial charge is 0.414 e. The molecule has 0 atom stereocenters. The van der Waals surface area contributed by atoms with E-state index in [4.69, 9.17) is 11.6 Å². The Bertz CT molecular complexity index is 458. The van der Waals surface area contributed by atoms with Crippen LogP contribution < -0.4 is 0 Å². The fraction of sp³-hybridized carbons (Fsp3) is 0.538. The molecule has 1 aromatic rings. The van der Waals surface area contributed by atoms with Gasteiger partial charge >= 0.3 is 6.11 Å². The van der Waals surface area contributed by atoms with E-state index in [1.807, 2.05) is 0 Å². The second-order valence-corrected chi connectivity index (χ2v) is 5.14. The Hall–Kier alpha value is -0.810. The number of hydrogen-bond donors (Lipinski definition) is 0. The highest BCUT2D eigenvalue weighted by atomic mass is 35.5. The van der Waals surface area contributed by atoms with Crippen molar-refractivity contribution in [2.75, 3.05) is 0 Å². The summed E-state index contributed by atoms with van der Waals surface area (Å²) < 4.78 is 52.0. The maximum absolute atomic E-state index is 14.1. The third-order valence-electron chi connectivity index (χ3n) is 3.57. The number of hydrogen-bond acceptors (Lipinski definition) is 1. The Morgan fingerprint density at radius 1 is 1.16 bits per heavy atom. The molecule has 0 aliphatic heterocycles.